The Morgan fingerprint density at radius 2 is 1.71 bits per heavy atom. The average molecular weight is 641 g/mol. The van der Waals surface area contributed by atoms with E-state index < -0.39 is 0 Å². The van der Waals surface area contributed by atoms with Crippen molar-refractivity contribution in [1.29, 1.82) is 0 Å². The molecule has 0 aliphatic heterocycles. The summed E-state index contributed by atoms with van der Waals surface area (Å²) in [5.41, 5.74) is 7.51. The lowest BCUT2D eigenvalue weighted by Gasteiger charge is -2.27. The second-order valence-electron chi connectivity index (χ2n) is 12.5. The SMILES string of the molecule is CCCCN(C(=O)Nc1c(C(C)C)cc(-c2cccc(C#CCNCc3cccnc3)c2)cc1C(C)C)c1cc2cccnc2[nH]c1=O. The van der Waals surface area contributed by atoms with Gasteiger partial charge in [-0.3, -0.25) is 14.7 Å². The third-order valence-corrected chi connectivity index (χ3v) is 8.24. The van der Waals surface area contributed by atoms with Crippen LogP contribution in [0.3, 0.4) is 0 Å². The van der Waals surface area contributed by atoms with Gasteiger partial charge >= 0.3 is 6.03 Å². The summed E-state index contributed by atoms with van der Waals surface area (Å²) in [4.78, 5) is 40.1. The average Bonchev–Trinajstić information content (AvgIpc) is 3.08. The normalized spacial score (nSPS) is 11.1. The number of carbonyl (C=O) groups is 1. The predicted molar refractivity (Wildman–Crippen MR) is 197 cm³/mol. The van der Waals surface area contributed by atoms with Crippen molar-refractivity contribution in [2.75, 3.05) is 23.3 Å². The molecule has 0 atom stereocenters. The molecule has 246 valence electrons. The summed E-state index contributed by atoms with van der Waals surface area (Å²) < 4.78 is 0. The molecule has 0 radical (unpaired) electrons. The maximum atomic E-state index is 14.1. The Bertz CT molecular complexity index is 1960. The first-order valence-corrected chi connectivity index (χ1v) is 16.7. The number of hydrogen-bond donors (Lipinski definition) is 3. The number of nitrogens with zero attached hydrogens (tertiary/aromatic N) is 3. The Hall–Kier alpha value is -5.26. The molecule has 8 heteroatoms. The van der Waals surface area contributed by atoms with E-state index in [4.69, 9.17) is 0 Å². The minimum Gasteiger partial charge on any atom is -0.307 e. The summed E-state index contributed by atoms with van der Waals surface area (Å²) in [6.07, 6.45) is 6.89. The molecule has 0 saturated carbocycles. The molecule has 0 bridgehead atoms. The van der Waals surface area contributed by atoms with Gasteiger partial charge in [-0.2, -0.15) is 0 Å². The summed E-state index contributed by atoms with van der Waals surface area (Å²) in [5.74, 6) is 6.78. The largest absolute Gasteiger partial charge is 0.326 e. The molecule has 3 heterocycles. The number of aromatic nitrogens is 3. The van der Waals surface area contributed by atoms with Crippen LogP contribution in [0.25, 0.3) is 22.2 Å². The third kappa shape index (κ3) is 8.36. The van der Waals surface area contributed by atoms with E-state index in [0.717, 1.165) is 57.3 Å². The molecule has 3 aromatic heterocycles. The van der Waals surface area contributed by atoms with Crippen LogP contribution >= 0.6 is 0 Å². The lowest BCUT2D eigenvalue weighted by atomic mass is 9.88. The van der Waals surface area contributed by atoms with E-state index in [1.165, 1.54) is 0 Å². The summed E-state index contributed by atoms with van der Waals surface area (Å²) in [6, 6.07) is 21.7. The second-order valence-corrected chi connectivity index (χ2v) is 12.5. The van der Waals surface area contributed by atoms with E-state index in [2.05, 4.69) is 96.3 Å². The molecule has 2 aromatic carbocycles. The monoisotopic (exact) mass is 640 g/mol. The number of carbonyl (C=O) groups excluding carboxylic acids is 1. The van der Waals surface area contributed by atoms with Crippen molar-refractivity contribution in [1.82, 2.24) is 20.3 Å². The van der Waals surface area contributed by atoms with E-state index in [0.29, 0.717) is 31.0 Å². The second kappa shape index (κ2) is 16.0. The van der Waals surface area contributed by atoms with Gasteiger partial charge < -0.3 is 15.6 Å². The van der Waals surface area contributed by atoms with Crippen molar-refractivity contribution in [2.45, 2.75) is 65.8 Å². The van der Waals surface area contributed by atoms with Crippen LogP contribution < -0.4 is 21.1 Å². The fraction of sp³-hybridized carbons (Fsp3) is 0.300. The highest BCUT2D eigenvalue weighted by atomic mass is 16.2. The van der Waals surface area contributed by atoms with Crippen LogP contribution in [0.15, 0.2) is 90.1 Å². The predicted octanol–water partition coefficient (Wildman–Crippen LogP) is 8.21. The van der Waals surface area contributed by atoms with Gasteiger partial charge in [0.1, 0.15) is 11.3 Å². The quantitative estimate of drug-likeness (QED) is 0.0998. The number of fused-ring (bicyclic) bond motifs is 1. The number of aromatic amines is 1. The van der Waals surface area contributed by atoms with Crippen LogP contribution in [0, 0.1) is 11.8 Å². The van der Waals surface area contributed by atoms with E-state index >= 15 is 0 Å². The molecule has 0 aliphatic rings. The van der Waals surface area contributed by atoms with Gasteiger partial charge in [-0.25, -0.2) is 9.78 Å². The standard InChI is InChI=1S/C40H44N6O2/c1-6-7-20-46(36-24-32-16-11-19-43-38(32)45-39(36)47)40(48)44-37-34(27(2)3)22-33(23-35(37)28(4)5)31-15-8-12-29(21-31)13-9-17-41-25-30-14-10-18-42-26-30/h8,10-12,14-16,18-19,21-24,26-28,41H,6-7,17,20,25H2,1-5H3,(H,44,48)(H,43,45,47). The highest BCUT2D eigenvalue weighted by Gasteiger charge is 2.24. The number of unbranched alkanes of at least 4 members (excludes halogenated alkanes) is 1. The Kier molecular flexibility index (Phi) is 11.4. The third-order valence-electron chi connectivity index (χ3n) is 8.24. The summed E-state index contributed by atoms with van der Waals surface area (Å²) in [7, 11) is 0. The lowest BCUT2D eigenvalue weighted by molar-refractivity contribution is 0.256. The Morgan fingerprint density at radius 3 is 2.42 bits per heavy atom. The summed E-state index contributed by atoms with van der Waals surface area (Å²) in [6.45, 7) is 12.3. The van der Waals surface area contributed by atoms with Gasteiger partial charge in [-0.15, -0.1) is 0 Å². The number of amides is 2. The smallest absolute Gasteiger partial charge is 0.307 e. The van der Waals surface area contributed by atoms with E-state index in [1.807, 2.05) is 42.6 Å². The van der Waals surface area contributed by atoms with E-state index in [1.54, 1.807) is 23.4 Å². The highest BCUT2D eigenvalue weighted by Crippen LogP contribution is 2.38. The molecule has 48 heavy (non-hydrogen) atoms. The minimum absolute atomic E-state index is 0.130. The molecule has 8 nitrogen and oxygen atoms in total. The number of rotatable bonds is 11. The maximum absolute atomic E-state index is 14.1. The fourth-order valence-electron chi connectivity index (χ4n) is 5.65. The number of benzene rings is 2. The number of hydrogen-bond acceptors (Lipinski definition) is 5. The van der Waals surface area contributed by atoms with Crippen LogP contribution in [-0.4, -0.2) is 34.1 Å². The zero-order valence-corrected chi connectivity index (χ0v) is 28.4. The van der Waals surface area contributed by atoms with Crippen molar-refractivity contribution in [3.8, 4) is 23.0 Å². The topological polar surface area (TPSA) is 103 Å². The molecule has 5 rings (SSSR count). The first-order chi connectivity index (χ1) is 23.2. The first-order valence-electron chi connectivity index (χ1n) is 16.7. The Morgan fingerprint density at radius 1 is 0.938 bits per heavy atom. The van der Waals surface area contributed by atoms with Gasteiger partial charge in [0.25, 0.3) is 5.56 Å². The number of nitrogens with one attached hydrogen (secondary N) is 3. The molecular formula is C40H44N6O2. The number of H-pyrrole nitrogens is 1. The van der Waals surface area contributed by atoms with Crippen molar-refractivity contribution in [3.05, 3.63) is 118 Å². The van der Waals surface area contributed by atoms with Crippen molar-refractivity contribution >= 4 is 28.4 Å². The van der Waals surface area contributed by atoms with Gasteiger partial charge in [0.05, 0.1) is 6.54 Å². The maximum Gasteiger partial charge on any atom is 0.326 e. The molecule has 3 N–H and O–H groups in total. The Labute approximate surface area is 283 Å². The Balaban J connectivity index is 1.44. The molecule has 0 aliphatic carbocycles. The highest BCUT2D eigenvalue weighted by molar-refractivity contribution is 6.03. The zero-order valence-electron chi connectivity index (χ0n) is 28.4. The summed E-state index contributed by atoms with van der Waals surface area (Å²) in [5, 5.41) is 7.37. The molecule has 0 unspecified atom stereocenters. The van der Waals surface area contributed by atoms with Gasteiger partial charge in [0.2, 0.25) is 0 Å². The molecule has 0 saturated heterocycles. The van der Waals surface area contributed by atoms with E-state index in [-0.39, 0.29) is 23.4 Å². The number of pyridine rings is 3. The fourth-order valence-corrected chi connectivity index (χ4v) is 5.65. The van der Waals surface area contributed by atoms with Crippen LogP contribution in [0.5, 0.6) is 0 Å². The molecule has 2 amide bonds. The van der Waals surface area contributed by atoms with Gasteiger partial charge in [0, 0.05) is 48.3 Å². The molecule has 0 spiro atoms. The van der Waals surface area contributed by atoms with E-state index in [9.17, 15) is 9.59 Å². The van der Waals surface area contributed by atoms with Crippen molar-refractivity contribution in [2.24, 2.45) is 0 Å². The van der Waals surface area contributed by atoms with Gasteiger partial charge in [-0.05, 0) is 94.6 Å². The van der Waals surface area contributed by atoms with Gasteiger partial charge in [0.15, 0.2) is 0 Å². The zero-order chi connectivity index (χ0) is 34.0. The van der Waals surface area contributed by atoms with Gasteiger partial charge in [-0.1, -0.05) is 71.1 Å². The number of anilines is 2. The minimum atomic E-state index is -0.344. The summed E-state index contributed by atoms with van der Waals surface area (Å²) >= 11 is 0. The van der Waals surface area contributed by atoms with Crippen LogP contribution in [0.2, 0.25) is 0 Å². The number of urea groups is 1. The van der Waals surface area contributed by atoms with Crippen molar-refractivity contribution < 1.29 is 4.79 Å². The molecule has 0 fully saturated rings. The van der Waals surface area contributed by atoms with Crippen LogP contribution in [-0.2, 0) is 6.54 Å². The molecule has 5 aromatic rings. The van der Waals surface area contributed by atoms with Crippen molar-refractivity contribution in [3.63, 3.8) is 0 Å². The van der Waals surface area contributed by atoms with Crippen LogP contribution in [0.4, 0.5) is 16.2 Å². The molecular weight excluding hydrogens is 596 g/mol. The lowest BCUT2D eigenvalue weighted by Crippen LogP contribution is -2.39. The first kappa shape index (κ1) is 34.1. The van der Waals surface area contributed by atoms with Crippen LogP contribution in [0.1, 0.15) is 81.5 Å².